The summed E-state index contributed by atoms with van der Waals surface area (Å²) >= 11 is 0. The van der Waals surface area contributed by atoms with Crippen LogP contribution in [-0.4, -0.2) is 47.9 Å². The number of hydrogen-bond donors (Lipinski definition) is 1. The molecule has 6 heteroatoms. The van der Waals surface area contributed by atoms with Gasteiger partial charge in [-0.2, -0.15) is 0 Å². The fourth-order valence-electron chi connectivity index (χ4n) is 2.94. The summed E-state index contributed by atoms with van der Waals surface area (Å²) in [5.74, 6) is -0.509. The Morgan fingerprint density at radius 3 is 2.70 bits per heavy atom. The minimum absolute atomic E-state index is 0.0875. The molecule has 1 N–H and O–H groups in total. The van der Waals surface area contributed by atoms with Gasteiger partial charge in [-0.15, -0.1) is 0 Å². The molecule has 1 aliphatic heterocycles. The molecule has 112 valence electrons. The van der Waals surface area contributed by atoms with Crippen LogP contribution in [0.5, 0.6) is 0 Å². The van der Waals surface area contributed by atoms with E-state index in [1.165, 1.54) is 4.90 Å². The third-order valence-corrected chi connectivity index (χ3v) is 3.90. The lowest BCUT2D eigenvalue weighted by molar-refractivity contribution is -0.144. The van der Waals surface area contributed by atoms with E-state index < -0.39 is 6.04 Å². The summed E-state index contributed by atoms with van der Waals surface area (Å²) < 4.78 is 4.82. The second-order valence-corrected chi connectivity index (χ2v) is 5.31. The van der Waals surface area contributed by atoms with Crippen LogP contribution in [0.2, 0.25) is 0 Å². The van der Waals surface area contributed by atoms with E-state index in [-0.39, 0.29) is 36.7 Å². The highest BCUT2D eigenvalue weighted by Crippen LogP contribution is 2.28. The molecule has 2 fully saturated rings. The summed E-state index contributed by atoms with van der Waals surface area (Å²) in [6, 6.07) is -0.385. The Morgan fingerprint density at radius 2 is 2.05 bits per heavy atom. The van der Waals surface area contributed by atoms with E-state index >= 15 is 0 Å². The summed E-state index contributed by atoms with van der Waals surface area (Å²) in [5, 5.41) is 2.99. The maximum absolute atomic E-state index is 12.2. The Bertz CT molecular complexity index is 391. The molecule has 0 aromatic heterocycles. The smallest absolute Gasteiger partial charge is 0.307 e. The summed E-state index contributed by atoms with van der Waals surface area (Å²) in [6.07, 6.45) is 4.44. The van der Waals surface area contributed by atoms with Crippen molar-refractivity contribution in [2.45, 2.75) is 57.5 Å². The van der Waals surface area contributed by atoms with Crippen LogP contribution in [0.25, 0.3) is 0 Å². The van der Waals surface area contributed by atoms with Gasteiger partial charge in [0.05, 0.1) is 25.5 Å². The average Bonchev–Trinajstić information content (AvgIpc) is 2.99. The van der Waals surface area contributed by atoms with Crippen LogP contribution in [-0.2, 0) is 19.1 Å². The number of esters is 1. The molecule has 0 aromatic rings. The van der Waals surface area contributed by atoms with Crippen LogP contribution in [0.1, 0.15) is 45.4 Å². The maximum atomic E-state index is 12.2. The number of imide groups is 1. The monoisotopic (exact) mass is 282 g/mol. The van der Waals surface area contributed by atoms with Gasteiger partial charge in [0.25, 0.3) is 0 Å². The summed E-state index contributed by atoms with van der Waals surface area (Å²) in [7, 11) is 0. The number of hydrogen-bond acceptors (Lipinski definition) is 5. The number of ether oxygens (including phenoxy) is 1. The number of nitrogens with zero attached hydrogens (tertiary/aromatic N) is 1. The molecule has 0 radical (unpaired) electrons. The van der Waals surface area contributed by atoms with Crippen LogP contribution < -0.4 is 5.32 Å². The van der Waals surface area contributed by atoms with Gasteiger partial charge in [0, 0.05) is 12.6 Å². The highest BCUT2D eigenvalue weighted by atomic mass is 16.5. The number of amides is 2. The summed E-state index contributed by atoms with van der Waals surface area (Å²) in [6.45, 7) is 2.47. The van der Waals surface area contributed by atoms with E-state index in [0.29, 0.717) is 13.2 Å². The van der Waals surface area contributed by atoms with Gasteiger partial charge in [-0.1, -0.05) is 12.8 Å². The van der Waals surface area contributed by atoms with Crippen molar-refractivity contribution in [1.82, 2.24) is 10.2 Å². The Hall–Kier alpha value is -1.43. The molecule has 2 aliphatic rings. The molecule has 1 aliphatic carbocycles. The average molecular weight is 282 g/mol. The zero-order valence-electron chi connectivity index (χ0n) is 11.9. The fourth-order valence-corrected chi connectivity index (χ4v) is 2.94. The van der Waals surface area contributed by atoms with E-state index in [1.54, 1.807) is 6.92 Å². The molecule has 1 saturated heterocycles. The Kier molecular flexibility index (Phi) is 5.11. The SMILES string of the molecule is CCOC(=O)CCNC1CC(=O)N(C2CCCC2)C1=O. The molecule has 0 aromatic carbocycles. The van der Waals surface area contributed by atoms with Gasteiger partial charge in [-0.25, -0.2) is 0 Å². The predicted octanol–water partition coefficient (Wildman–Crippen LogP) is 0.599. The van der Waals surface area contributed by atoms with Crippen molar-refractivity contribution in [3.63, 3.8) is 0 Å². The molecule has 2 amide bonds. The van der Waals surface area contributed by atoms with Crippen molar-refractivity contribution in [2.75, 3.05) is 13.2 Å². The van der Waals surface area contributed by atoms with Crippen LogP contribution in [0.4, 0.5) is 0 Å². The molecule has 1 atom stereocenters. The van der Waals surface area contributed by atoms with Crippen LogP contribution in [0, 0.1) is 0 Å². The molecular weight excluding hydrogens is 260 g/mol. The molecule has 0 spiro atoms. The van der Waals surface area contributed by atoms with Crippen molar-refractivity contribution in [2.24, 2.45) is 0 Å². The second-order valence-electron chi connectivity index (χ2n) is 5.31. The minimum atomic E-state index is -0.475. The van der Waals surface area contributed by atoms with Gasteiger partial charge in [0.2, 0.25) is 11.8 Å². The fraction of sp³-hybridized carbons (Fsp3) is 0.786. The third-order valence-electron chi connectivity index (χ3n) is 3.90. The molecule has 2 rings (SSSR count). The molecular formula is C14H22N2O4. The van der Waals surface area contributed by atoms with E-state index in [9.17, 15) is 14.4 Å². The lowest BCUT2D eigenvalue weighted by Crippen LogP contribution is -2.43. The molecule has 1 unspecified atom stereocenters. The van der Waals surface area contributed by atoms with Gasteiger partial charge in [-0.05, 0) is 19.8 Å². The Balaban J connectivity index is 1.80. The van der Waals surface area contributed by atoms with Crippen molar-refractivity contribution < 1.29 is 19.1 Å². The molecule has 6 nitrogen and oxygen atoms in total. The van der Waals surface area contributed by atoms with E-state index in [2.05, 4.69) is 5.32 Å². The quantitative estimate of drug-likeness (QED) is 0.570. The Labute approximate surface area is 118 Å². The number of carbonyl (C=O) groups excluding carboxylic acids is 3. The van der Waals surface area contributed by atoms with Crippen molar-refractivity contribution in [3.05, 3.63) is 0 Å². The zero-order valence-corrected chi connectivity index (χ0v) is 11.9. The van der Waals surface area contributed by atoms with Crippen LogP contribution >= 0.6 is 0 Å². The first-order chi connectivity index (χ1) is 9.63. The van der Waals surface area contributed by atoms with Crippen molar-refractivity contribution in [3.8, 4) is 0 Å². The minimum Gasteiger partial charge on any atom is -0.466 e. The lowest BCUT2D eigenvalue weighted by Gasteiger charge is -2.22. The zero-order chi connectivity index (χ0) is 14.5. The summed E-state index contributed by atoms with van der Waals surface area (Å²) in [5.41, 5.74) is 0. The van der Waals surface area contributed by atoms with E-state index in [0.717, 1.165) is 25.7 Å². The number of carbonyl (C=O) groups is 3. The first-order valence-corrected chi connectivity index (χ1v) is 7.38. The standard InChI is InChI=1S/C14H22N2O4/c1-2-20-13(18)7-8-15-11-9-12(17)16(14(11)19)10-5-3-4-6-10/h10-11,15H,2-9H2,1H3. The van der Waals surface area contributed by atoms with Crippen molar-refractivity contribution in [1.29, 1.82) is 0 Å². The van der Waals surface area contributed by atoms with Crippen LogP contribution in [0.15, 0.2) is 0 Å². The largest absolute Gasteiger partial charge is 0.466 e. The maximum Gasteiger partial charge on any atom is 0.307 e. The summed E-state index contributed by atoms with van der Waals surface area (Å²) in [4.78, 5) is 36.8. The second kappa shape index (κ2) is 6.83. The van der Waals surface area contributed by atoms with Gasteiger partial charge < -0.3 is 10.1 Å². The molecule has 20 heavy (non-hydrogen) atoms. The first-order valence-electron chi connectivity index (χ1n) is 7.38. The third kappa shape index (κ3) is 3.36. The molecule has 1 saturated carbocycles. The molecule has 1 heterocycles. The van der Waals surface area contributed by atoms with Gasteiger partial charge >= 0.3 is 5.97 Å². The Morgan fingerprint density at radius 1 is 1.35 bits per heavy atom. The number of rotatable bonds is 6. The number of nitrogens with one attached hydrogen (secondary N) is 1. The normalized spacial score (nSPS) is 23.6. The lowest BCUT2D eigenvalue weighted by atomic mass is 10.2. The highest BCUT2D eigenvalue weighted by Gasteiger charge is 2.42. The van der Waals surface area contributed by atoms with Crippen LogP contribution in [0.3, 0.4) is 0 Å². The van der Waals surface area contributed by atoms with E-state index in [1.807, 2.05) is 0 Å². The topological polar surface area (TPSA) is 75.7 Å². The van der Waals surface area contributed by atoms with Crippen molar-refractivity contribution >= 4 is 17.8 Å². The molecule has 0 bridgehead atoms. The predicted molar refractivity (Wildman–Crippen MR) is 71.8 cm³/mol. The van der Waals surface area contributed by atoms with E-state index in [4.69, 9.17) is 4.74 Å². The first kappa shape index (κ1) is 15.0. The van der Waals surface area contributed by atoms with Gasteiger partial charge in [0.15, 0.2) is 0 Å². The van der Waals surface area contributed by atoms with Gasteiger partial charge in [0.1, 0.15) is 0 Å². The highest BCUT2D eigenvalue weighted by molar-refractivity contribution is 6.05. The number of likely N-dealkylation sites (tertiary alicyclic amines) is 1. The van der Waals surface area contributed by atoms with Gasteiger partial charge in [-0.3, -0.25) is 19.3 Å².